The van der Waals surface area contributed by atoms with Gasteiger partial charge in [-0.25, -0.2) is 4.98 Å². The monoisotopic (exact) mass is 418 g/mol. The Morgan fingerprint density at radius 2 is 1.87 bits per heavy atom. The van der Waals surface area contributed by atoms with Crippen molar-refractivity contribution in [1.82, 2.24) is 15.6 Å². The van der Waals surface area contributed by atoms with Crippen LogP contribution in [0.15, 0.2) is 65.4 Å². The predicted molar refractivity (Wildman–Crippen MR) is 102 cm³/mol. The molecule has 7 nitrogen and oxygen atoms in total. The van der Waals surface area contributed by atoms with Crippen LogP contribution in [0.3, 0.4) is 0 Å². The first-order chi connectivity index (χ1) is 14.3. The Hall–Kier alpha value is -3.82. The Labute approximate surface area is 169 Å². The molecule has 0 radical (unpaired) electrons. The Bertz CT molecular complexity index is 1020. The second-order valence-corrected chi connectivity index (χ2v) is 6.14. The smallest absolute Gasteiger partial charge is 0.416 e. The third-order valence-corrected chi connectivity index (χ3v) is 3.95. The molecule has 0 aliphatic heterocycles. The molecule has 0 saturated heterocycles. The molecule has 2 amide bonds. The number of furan rings is 1. The molecule has 2 aromatic heterocycles. The van der Waals surface area contributed by atoms with Crippen molar-refractivity contribution in [1.29, 1.82) is 0 Å². The summed E-state index contributed by atoms with van der Waals surface area (Å²) in [5.41, 5.74) is -0.634. The van der Waals surface area contributed by atoms with Crippen molar-refractivity contribution in [3.63, 3.8) is 0 Å². The summed E-state index contributed by atoms with van der Waals surface area (Å²) in [7, 11) is 0. The van der Waals surface area contributed by atoms with E-state index in [4.69, 9.17) is 4.42 Å². The predicted octanol–water partition coefficient (Wildman–Crippen LogP) is 3.48. The van der Waals surface area contributed by atoms with Crippen molar-refractivity contribution < 1.29 is 27.2 Å². The number of aromatic nitrogens is 1. The first-order valence-electron chi connectivity index (χ1n) is 8.79. The lowest BCUT2D eigenvalue weighted by Gasteiger charge is -2.13. The maximum absolute atomic E-state index is 12.9. The highest BCUT2D eigenvalue weighted by Crippen LogP contribution is 2.31. The molecule has 2 heterocycles. The number of rotatable bonds is 7. The minimum absolute atomic E-state index is 0.0605. The lowest BCUT2D eigenvalue weighted by atomic mass is 10.2. The van der Waals surface area contributed by atoms with Crippen LogP contribution in [0, 0.1) is 0 Å². The minimum atomic E-state index is -4.50. The van der Waals surface area contributed by atoms with Crippen LogP contribution in [0.4, 0.5) is 24.7 Å². The molecule has 0 bridgehead atoms. The first kappa shape index (κ1) is 20.9. The summed E-state index contributed by atoms with van der Waals surface area (Å²) in [6.07, 6.45) is -1.63. The Morgan fingerprint density at radius 1 is 1.03 bits per heavy atom. The third-order valence-electron chi connectivity index (χ3n) is 3.95. The van der Waals surface area contributed by atoms with Crippen LogP contribution in [0.2, 0.25) is 0 Å². The van der Waals surface area contributed by atoms with Gasteiger partial charge < -0.3 is 20.4 Å². The molecule has 3 rings (SSSR count). The van der Waals surface area contributed by atoms with Gasteiger partial charge in [0.2, 0.25) is 5.91 Å². The van der Waals surface area contributed by atoms with Gasteiger partial charge in [-0.15, -0.1) is 0 Å². The van der Waals surface area contributed by atoms with E-state index >= 15 is 0 Å². The van der Waals surface area contributed by atoms with Gasteiger partial charge in [0, 0.05) is 11.9 Å². The van der Waals surface area contributed by atoms with Gasteiger partial charge in [-0.3, -0.25) is 9.59 Å². The number of benzene rings is 1. The molecule has 0 spiro atoms. The van der Waals surface area contributed by atoms with Gasteiger partial charge in [0.25, 0.3) is 5.91 Å². The Morgan fingerprint density at radius 3 is 2.60 bits per heavy atom. The van der Waals surface area contributed by atoms with Gasteiger partial charge in [-0.2, -0.15) is 13.2 Å². The first-order valence-corrected chi connectivity index (χ1v) is 8.79. The zero-order valence-electron chi connectivity index (χ0n) is 15.5. The molecule has 0 aliphatic carbocycles. The number of alkyl halides is 3. The molecule has 0 unspecified atom stereocenters. The van der Waals surface area contributed by atoms with E-state index in [2.05, 4.69) is 20.9 Å². The molecular formula is C20H17F3N4O3. The number of halogens is 3. The molecule has 0 saturated carbocycles. The number of nitrogens with zero attached hydrogens (tertiary/aromatic N) is 1. The maximum atomic E-state index is 12.9. The van der Waals surface area contributed by atoms with E-state index in [1.165, 1.54) is 36.7 Å². The number of nitrogens with one attached hydrogen (secondary N) is 3. The van der Waals surface area contributed by atoms with E-state index in [1.54, 1.807) is 12.1 Å². The van der Waals surface area contributed by atoms with E-state index in [9.17, 15) is 22.8 Å². The molecule has 30 heavy (non-hydrogen) atoms. The van der Waals surface area contributed by atoms with E-state index in [0.717, 1.165) is 12.1 Å². The van der Waals surface area contributed by atoms with E-state index in [-0.39, 0.29) is 30.2 Å². The van der Waals surface area contributed by atoms with Crippen LogP contribution in [0.1, 0.15) is 21.7 Å². The van der Waals surface area contributed by atoms with Crippen molar-refractivity contribution in [2.75, 3.05) is 11.9 Å². The number of pyridine rings is 1. The highest BCUT2D eigenvalue weighted by molar-refractivity contribution is 6.00. The molecule has 0 fully saturated rings. The average Bonchev–Trinajstić information content (AvgIpc) is 3.24. The molecule has 0 atom stereocenters. The highest BCUT2D eigenvalue weighted by atomic mass is 19.4. The van der Waals surface area contributed by atoms with Gasteiger partial charge in [0.1, 0.15) is 11.6 Å². The SMILES string of the molecule is O=C(CNC(=O)c1cccnc1Nc1cccc(C(F)(F)F)c1)NCc1ccco1. The fraction of sp³-hybridized carbons (Fsp3) is 0.150. The van der Waals surface area contributed by atoms with Gasteiger partial charge in [-0.1, -0.05) is 6.07 Å². The van der Waals surface area contributed by atoms with Crippen LogP contribution < -0.4 is 16.0 Å². The Balaban J connectivity index is 1.63. The zero-order valence-corrected chi connectivity index (χ0v) is 15.5. The van der Waals surface area contributed by atoms with Crippen molar-refractivity contribution in [2.24, 2.45) is 0 Å². The van der Waals surface area contributed by atoms with E-state index in [0.29, 0.717) is 5.76 Å². The van der Waals surface area contributed by atoms with Crippen molar-refractivity contribution in [3.8, 4) is 0 Å². The molecular weight excluding hydrogens is 401 g/mol. The van der Waals surface area contributed by atoms with Crippen LogP contribution in [0.25, 0.3) is 0 Å². The molecule has 156 valence electrons. The van der Waals surface area contributed by atoms with Crippen molar-refractivity contribution >= 4 is 23.3 Å². The second kappa shape index (κ2) is 9.12. The summed E-state index contributed by atoms with van der Waals surface area (Å²) in [6.45, 7) is -0.117. The van der Waals surface area contributed by atoms with Crippen LogP contribution in [0.5, 0.6) is 0 Å². The summed E-state index contributed by atoms with van der Waals surface area (Å²) >= 11 is 0. The van der Waals surface area contributed by atoms with Gasteiger partial charge in [0.05, 0.1) is 30.5 Å². The van der Waals surface area contributed by atoms with Crippen LogP contribution >= 0.6 is 0 Å². The van der Waals surface area contributed by atoms with Crippen molar-refractivity contribution in [2.45, 2.75) is 12.7 Å². The molecule has 3 aromatic rings. The third kappa shape index (κ3) is 5.60. The van der Waals surface area contributed by atoms with Gasteiger partial charge in [-0.05, 0) is 42.5 Å². The van der Waals surface area contributed by atoms with Gasteiger partial charge >= 0.3 is 6.18 Å². The zero-order chi connectivity index (χ0) is 21.6. The molecule has 1 aromatic carbocycles. The number of anilines is 2. The number of carbonyl (C=O) groups is 2. The summed E-state index contributed by atoms with van der Waals surface area (Å²) in [5.74, 6) is -0.415. The maximum Gasteiger partial charge on any atom is 0.416 e. The van der Waals surface area contributed by atoms with E-state index < -0.39 is 23.6 Å². The number of carbonyl (C=O) groups excluding carboxylic acids is 2. The number of hydrogen-bond donors (Lipinski definition) is 3. The average molecular weight is 418 g/mol. The second-order valence-electron chi connectivity index (χ2n) is 6.14. The fourth-order valence-electron chi connectivity index (χ4n) is 2.52. The standard InChI is InChI=1S/C20H17F3N4O3/c21-20(22,23)13-4-1-5-14(10-13)27-18-16(7-2-8-24-18)19(29)26-12-17(28)25-11-15-6-3-9-30-15/h1-10H,11-12H2,(H,24,27)(H,25,28)(H,26,29). The number of hydrogen-bond acceptors (Lipinski definition) is 5. The summed E-state index contributed by atoms with van der Waals surface area (Å²) in [6, 6.07) is 10.9. The summed E-state index contributed by atoms with van der Waals surface area (Å²) < 4.78 is 43.8. The summed E-state index contributed by atoms with van der Waals surface area (Å²) in [4.78, 5) is 28.3. The molecule has 0 aliphatic rings. The van der Waals surface area contributed by atoms with Crippen LogP contribution in [-0.4, -0.2) is 23.3 Å². The van der Waals surface area contributed by atoms with E-state index in [1.807, 2.05) is 0 Å². The number of amides is 2. The van der Waals surface area contributed by atoms with Crippen molar-refractivity contribution in [3.05, 3.63) is 77.9 Å². The normalized spacial score (nSPS) is 11.0. The van der Waals surface area contributed by atoms with Gasteiger partial charge in [0.15, 0.2) is 0 Å². The lowest BCUT2D eigenvalue weighted by molar-refractivity contribution is -0.137. The minimum Gasteiger partial charge on any atom is -0.467 e. The quantitative estimate of drug-likeness (QED) is 0.546. The summed E-state index contributed by atoms with van der Waals surface area (Å²) in [5, 5.41) is 7.74. The Kier molecular flexibility index (Phi) is 6.35. The molecule has 10 heteroatoms. The largest absolute Gasteiger partial charge is 0.467 e. The van der Waals surface area contributed by atoms with Crippen LogP contribution in [-0.2, 0) is 17.5 Å². The molecule has 3 N–H and O–H groups in total. The lowest BCUT2D eigenvalue weighted by Crippen LogP contribution is -2.36. The topological polar surface area (TPSA) is 96.3 Å². The fourth-order valence-corrected chi connectivity index (χ4v) is 2.52. The highest BCUT2D eigenvalue weighted by Gasteiger charge is 2.30.